The molecule has 0 spiro atoms. The van der Waals surface area contributed by atoms with Crippen LogP contribution < -0.4 is 10.6 Å². The number of ether oxygens (including phenoxy) is 1. The van der Waals surface area contributed by atoms with E-state index in [0.717, 1.165) is 6.20 Å². The number of halogens is 1. The van der Waals surface area contributed by atoms with E-state index in [9.17, 15) is 18.8 Å². The van der Waals surface area contributed by atoms with Crippen molar-refractivity contribution in [3.8, 4) is 0 Å². The first-order chi connectivity index (χ1) is 13.2. The first kappa shape index (κ1) is 19.7. The third kappa shape index (κ3) is 3.40. The average molecular weight is 403 g/mol. The van der Waals surface area contributed by atoms with Gasteiger partial charge in [0.25, 0.3) is 0 Å². The molecule has 0 fully saturated rings. The number of dihydropyridines is 1. The molecule has 7 nitrogen and oxygen atoms in total. The monoisotopic (exact) mass is 403 g/mol. The van der Waals surface area contributed by atoms with E-state index in [1.807, 2.05) is 0 Å². The molecule has 3 rings (SSSR count). The molecule has 2 N–H and O–H groups in total. The Bertz CT molecular complexity index is 1070. The van der Waals surface area contributed by atoms with Crippen LogP contribution in [0.25, 0.3) is 10.2 Å². The molecule has 0 aromatic carbocycles. The molecule has 0 radical (unpaired) electrons. The number of allylic oxidation sites excluding steroid dienone is 2. The van der Waals surface area contributed by atoms with Crippen LogP contribution in [0.1, 0.15) is 32.3 Å². The Hall–Kier alpha value is -3.07. The number of rotatable bonds is 4. The second-order valence-corrected chi connectivity index (χ2v) is 7.17. The largest absolute Gasteiger partial charge is 0.466 e. The Balaban J connectivity index is 2.34. The number of hydrogen-bond donors (Lipinski definition) is 2. The van der Waals surface area contributed by atoms with Crippen LogP contribution in [0.15, 0.2) is 40.3 Å². The van der Waals surface area contributed by atoms with Crippen LogP contribution >= 0.6 is 11.3 Å². The lowest BCUT2D eigenvalue weighted by molar-refractivity contribution is -0.136. The number of nitrogens with one attached hydrogen (secondary N) is 2. The molecular weight excluding hydrogens is 385 g/mol. The normalized spacial score (nSPS) is 16.8. The van der Waals surface area contributed by atoms with Gasteiger partial charge in [0.15, 0.2) is 5.78 Å². The van der Waals surface area contributed by atoms with Gasteiger partial charge in [-0.3, -0.25) is 9.59 Å². The molecule has 2 aromatic heterocycles. The Morgan fingerprint density at radius 3 is 2.61 bits per heavy atom. The van der Waals surface area contributed by atoms with E-state index in [1.165, 1.54) is 38.4 Å². The van der Waals surface area contributed by atoms with Gasteiger partial charge in [0.1, 0.15) is 16.5 Å². The predicted molar refractivity (Wildman–Crippen MR) is 102 cm³/mol. The molecule has 9 heteroatoms. The summed E-state index contributed by atoms with van der Waals surface area (Å²) in [5.41, 5.74) is 1.43. The topological polar surface area (TPSA) is 97.4 Å². The first-order valence-electron chi connectivity index (χ1n) is 8.36. The van der Waals surface area contributed by atoms with Gasteiger partial charge in [-0.1, -0.05) is 0 Å². The van der Waals surface area contributed by atoms with Crippen molar-refractivity contribution in [2.45, 2.75) is 26.7 Å². The summed E-state index contributed by atoms with van der Waals surface area (Å²) in [5.74, 6) is -2.61. The maximum atomic E-state index is 13.9. The van der Waals surface area contributed by atoms with Crippen molar-refractivity contribution in [3.63, 3.8) is 0 Å². The lowest BCUT2D eigenvalue weighted by atomic mass is 9.80. The predicted octanol–water partition coefficient (Wildman–Crippen LogP) is 2.51. The maximum Gasteiger partial charge on any atom is 0.338 e. The maximum absolute atomic E-state index is 13.9. The molecule has 1 atom stereocenters. The van der Waals surface area contributed by atoms with Gasteiger partial charge in [-0.05, 0) is 30.9 Å². The SMILES string of the molecule is COC(=O)C1=C(NC(C)=O)NC(C)=C(C(C)=O)C1c1csc2ncc(F)cc12. The van der Waals surface area contributed by atoms with Gasteiger partial charge in [0.2, 0.25) is 5.91 Å². The van der Waals surface area contributed by atoms with Crippen LogP contribution in [0.4, 0.5) is 4.39 Å². The number of amides is 1. The van der Waals surface area contributed by atoms with Crippen molar-refractivity contribution in [1.29, 1.82) is 0 Å². The van der Waals surface area contributed by atoms with Crippen molar-refractivity contribution in [2.75, 3.05) is 7.11 Å². The Morgan fingerprint density at radius 2 is 2.00 bits per heavy atom. The molecule has 3 heterocycles. The van der Waals surface area contributed by atoms with Gasteiger partial charge >= 0.3 is 5.97 Å². The molecule has 0 saturated heterocycles. The quantitative estimate of drug-likeness (QED) is 0.762. The third-order valence-corrected chi connectivity index (χ3v) is 5.31. The van der Waals surface area contributed by atoms with Crippen molar-refractivity contribution in [3.05, 3.63) is 51.7 Å². The summed E-state index contributed by atoms with van der Waals surface area (Å²) in [7, 11) is 1.21. The molecule has 1 aliphatic rings. The molecule has 1 amide bonds. The zero-order valence-electron chi connectivity index (χ0n) is 15.7. The number of fused-ring (bicyclic) bond motifs is 1. The molecule has 0 saturated carbocycles. The summed E-state index contributed by atoms with van der Waals surface area (Å²) >= 11 is 1.27. The van der Waals surface area contributed by atoms with Crippen LogP contribution in [-0.4, -0.2) is 29.8 Å². The molecule has 0 bridgehead atoms. The van der Waals surface area contributed by atoms with Crippen molar-refractivity contribution >= 4 is 39.2 Å². The highest BCUT2D eigenvalue weighted by Gasteiger charge is 2.38. The smallest absolute Gasteiger partial charge is 0.338 e. The highest BCUT2D eigenvalue weighted by molar-refractivity contribution is 7.16. The van der Waals surface area contributed by atoms with Gasteiger partial charge in [0.05, 0.1) is 24.8 Å². The summed E-state index contributed by atoms with van der Waals surface area (Å²) in [6.45, 7) is 4.36. The minimum atomic E-state index is -0.842. The van der Waals surface area contributed by atoms with Crippen LogP contribution in [0.2, 0.25) is 0 Å². The summed E-state index contributed by atoms with van der Waals surface area (Å²) in [6.07, 6.45) is 1.11. The summed E-state index contributed by atoms with van der Waals surface area (Å²) < 4.78 is 18.8. The Labute approximate surface area is 164 Å². The lowest BCUT2D eigenvalue weighted by Gasteiger charge is -2.31. The fraction of sp³-hybridized carbons (Fsp3) is 0.263. The van der Waals surface area contributed by atoms with E-state index < -0.39 is 23.6 Å². The Morgan fingerprint density at radius 1 is 1.29 bits per heavy atom. The Kier molecular flexibility index (Phi) is 5.28. The minimum absolute atomic E-state index is 0.0671. The molecule has 28 heavy (non-hydrogen) atoms. The molecule has 2 aromatic rings. The molecule has 1 unspecified atom stereocenters. The highest BCUT2D eigenvalue weighted by atomic mass is 32.1. The standard InChI is InChI=1S/C19H18FN3O4S/c1-8-14(9(2)24)15(13-7-28-18-12(13)5-11(20)6-21-18)16(19(26)27-4)17(22-8)23-10(3)25/h5-7,15,22H,1-4H3,(H,23,25). The number of ketones is 1. The van der Waals surface area contributed by atoms with E-state index in [2.05, 4.69) is 15.6 Å². The van der Waals surface area contributed by atoms with Crippen molar-refractivity contribution in [2.24, 2.45) is 0 Å². The average Bonchev–Trinajstić information content (AvgIpc) is 3.02. The van der Waals surface area contributed by atoms with Crippen molar-refractivity contribution < 1.29 is 23.5 Å². The van der Waals surface area contributed by atoms with E-state index in [4.69, 9.17) is 4.74 Å². The number of esters is 1. The zero-order chi connectivity index (χ0) is 20.6. The minimum Gasteiger partial charge on any atom is -0.466 e. The molecule has 1 aliphatic heterocycles. The van der Waals surface area contributed by atoms with Crippen LogP contribution in [-0.2, 0) is 19.1 Å². The number of carbonyl (C=O) groups excluding carboxylic acids is 3. The fourth-order valence-corrected chi connectivity index (χ4v) is 4.26. The van der Waals surface area contributed by atoms with E-state index in [1.54, 1.807) is 12.3 Å². The summed E-state index contributed by atoms with van der Waals surface area (Å²) in [6, 6.07) is 1.32. The number of pyridine rings is 1. The van der Waals surface area contributed by atoms with Crippen LogP contribution in [0, 0.1) is 5.82 Å². The number of hydrogen-bond acceptors (Lipinski definition) is 7. The second-order valence-electron chi connectivity index (χ2n) is 6.31. The van der Waals surface area contributed by atoms with E-state index >= 15 is 0 Å². The van der Waals surface area contributed by atoms with Crippen molar-refractivity contribution in [1.82, 2.24) is 15.6 Å². The summed E-state index contributed by atoms with van der Waals surface area (Å²) in [4.78, 5) is 41.4. The first-order valence-corrected chi connectivity index (χ1v) is 9.24. The lowest BCUT2D eigenvalue weighted by Crippen LogP contribution is -2.39. The van der Waals surface area contributed by atoms with Gasteiger partial charge in [0, 0.05) is 23.6 Å². The van der Waals surface area contributed by atoms with E-state index in [-0.39, 0.29) is 17.2 Å². The third-order valence-electron chi connectivity index (χ3n) is 4.39. The molecular formula is C19H18FN3O4S. The van der Waals surface area contributed by atoms with Gasteiger partial charge in [-0.15, -0.1) is 11.3 Å². The number of carbonyl (C=O) groups is 3. The van der Waals surface area contributed by atoms with Crippen LogP contribution in [0.5, 0.6) is 0 Å². The highest BCUT2D eigenvalue weighted by Crippen LogP contribution is 2.43. The second kappa shape index (κ2) is 7.51. The van der Waals surface area contributed by atoms with E-state index in [0.29, 0.717) is 27.1 Å². The molecule has 0 aliphatic carbocycles. The number of nitrogens with zero attached hydrogens (tertiary/aromatic N) is 1. The molecule has 146 valence electrons. The number of aromatic nitrogens is 1. The van der Waals surface area contributed by atoms with Gasteiger partial charge in [-0.2, -0.15) is 0 Å². The van der Waals surface area contributed by atoms with Gasteiger partial charge in [-0.25, -0.2) is 14.2 Å². The number of thiophene rings is 1. The zero-order valence-corrected chi connectivity index (χ0v) is 16.5. The number of Topliss-reactive ketones (excluding diaryl/α,β-unsaturated/α-hetero) is 1. The summed E-state index contributed by atoms with van der Waals surface area (Å²) in [5, 5.41) is 7.73. The van der Waals surface area contributed by atoms with Crippen LogP contribution in [0.3, 0.4) is 0 Å². The number of methoxy groups -OCH3 is 1. The fourth-order valence-electron chi connectivity index (χ4n) is 3.34. The van der Waals surface area contributed by atoms with Gasteiger partial charge < -0.3 is 15.4 Å².